The SMILES string of the molecule is CCNC(=NCC(C)C(=O)OC)NCCN(C(C)C)C(C)C.I. The first kappa shape index (κ1) is 24.7. The number of hydrogen-bond acceptors (Lipinski definition) is 4. The highest BCUT2D eigenvalue weighted by Gasteiger charge is 2.14. The summed E-state index contributed by atoms with van der Waals surface area (Å²) in [5, 5.41) is 6.51. The van der Waals surface area contributed by atoms with Crippen molar-refractivity contribution < 1.29 is 9.53 Å². The molecule has 23 heavy (non-hydrogen) atoms. The molecule has 0 radical (unpaired) electrons. The van der Waals surface area contributed by atoms with Crippen LogP contribution < -0.4 is 10.6 Å². The van der Waals surface area contributed by atoms with E-state index in [0.717, 1.165) is 25.6 Å². The van der Waals surface area contributed by atoms with Crippen LogP contribution in [0.2, 0.25) is 0 Å². The standard InChI is InChI=1S/C16H34N4O2.HI/c1-8-17-16(19-11-14(6)15(21)22-7)18-9-10-20(12(2)3)13(4)5;/h12-14H,8-11H2,1-7H3,(H2,17,18,19);1H. The van der Waals surface area contributed by atoms with E-state index in [9.17, 15) is 4.79 Å². The summed E-state index contributed by atoms with van der Waals surface area (Å²) in [5.74, 6) is 0.277. The van der Waals surface area contributed by atoms with Crippen LogP contribution in [0, 0.1) is 5.92 Å². The number of esters is 1. The topological polar surface area (TPSA) is 66.0 Å². The fourth-order valence-electron chi connectivity index (χ4n) is 2.26. The molecule has 2 N–H and O–H groups in total. The molecular weight excluding hydrogens is 407 g/mol. The molecule has 7 heteroatoms. The molecule has 138 valence electrons. The first-order chi connectivity index (χ1) is 10.3. The maximum atomic E-state index is 11.4. The molecule has 0 aliphatic heterocycles. The minimum atomic E-state index is -0.233. The van der Waals surface area contributed by atoms with Crippen LogP contribution in [-0.4, -0.2) is 62.2 Å². The number of methoxy groups -OCH3 is 1. The molecule has 0 fully saturated rings. The molecular formula is C16H35IN4O2. The van der Waals surface area contributed by atoms with Gasteiger partial charge in [0.05, 0.1) is 19.6 Å². The smallest absolute Gasteiger partial charge is 0.310 e. The maximum Gasteiger partial charge on any atom is 0.310 e. The average Bonchev–Trinajstić information content (AvgIpc) is 2.46. The van der Waals surface area contributed by atoms with Crippen LogP contribution in [0.5, 0.6) is 0 Å². The van der Waals surface area contributed by atoms with Gasteiger partial charge in [0.15, 0.2) is 5.96 Å². The van der Waals surface area contributed by atoms with Crippen molar-refractivity contribution in [1.82, 2.24) is 15.5 Å². The van der Waals surface area contributed by atoms with Gasteiger partial charge >= 0.3 is 5.97 Å². The quantitative estimate of drug-likeness (QED) is 0.248. The Morgan fingerprint density at radius 1 is 1.13 bits per heavy atom. The second-order valence-corrected chi connectivity index (χ2v) is 6.00. The molecule has 0 saturated heterocycles. The summed E-state index contributed by atoms with van der Waals surface area (Å²) in [5.41, 5.74) is 0. The van der Waals surface area contributed by atoms with E-state index in [1.807, 2.05) is 13.8 Å². The zero-order valence-corrected chi connectivity index (χ0v) is 18.0. The van der Waals surface area contributed by atoms with Crippen LogP contribution in [0.15, 0.2) is 4.99 Å². The minimum Gasteiger partial charge on any atom is -0.469 e. The number of ether oxygens (including phenoxy) is 1. The number of guanidine groups is 1. The van der Waals surface area contributed by atoms with E-state index in [2.05, 4.69) is 48.2 Å². The summed E-state index contributed by atoms with van der Waals surface area (Å²) in [6, 6.07) is 1.03. The number of aliphatic imine (C=N–C) groups is 1. The Kier molecular flexibility index (Phi) is 14.8. The lowest BCUT2D eigenvalue weighted by molar-refractivity contribution is -0.144. The number of carbonyl (C=O) groups is 1. The Morgan fingerprint density at radius 3 is 2.13 bits per heavy atom. The summed E-state index contributed by atoms with van der Waals surface area (Å²) in [7, 11) is 1.40. The van der Waals surface area contributed by atoms with Gasteiger partial charge in [0.25, 0.3) is 0 Å². The number of rotatable bonds is 9. The Hall–Kier alpha value is -0.570. The van der Waals surface area contributed by atoms with Crippen LogP contribution in [-0.2, 0) is 9.53 Å². The second kappa shape index (κ2) is 13.8. The number of halogens is 1. The van der Waals surface area contributed by atoms with Crippen molar-refractivity contribution in [3.63, 3.8) is 0 Å². The maximum absolute atomic E-state index is 11.4. The first-order valence-electron chi connectivity index (χ1n) is 8.19. The van der Waals surface area contributed by atoms with Crippen molar-refractivity contribution in [2.24, 2.45) is 10.9 Å². The van der Waals surface area contributed by atoms with E-state index in [4.69, 9.17) is 4.74 Å². The molecule has 0 bridgehead atoms. The van der Waals surface area contributed by atoms with E-state index in [1.165, 1.54) is 7.11 Å². The average molecular weight is 442 g/mol. The van der Waals surface area contributed by atoms with E-state index >= 15 is 0 Å². The van der Waals surface area contributed by atoms with Gasteiger partial charge in [0.2, 0.25) is 0 Å². The highest BCUT2D eigenvalue weighted by atomic mass is 127. The Bertz CT molecular complexity index is 341. The van der Waals surface area contributed by atoms with E-state index in [0.29, 0.717) is 18.6 Å². The van der Waals surface area contributed by atoms with Crippen LogP contribution in [0.4, 0.5) is 0 Å². The summed E-state index contributed by atoms with van der Waals surface area (Å²) in [4.78, 5) is 18.3. The molecule has 0 aromatic heterocycles. The third-order valence-electron chi connectivity index (χ3n) is 3.46. The Labute approximate surface area is 158 Å². The number of nitrogens with zero attached hydrogens (tertiary/aromatic N) is 2. The molecule has 6 nitrogen and oxygen atoms in total. The highest BCUT2D eigenvalue weighted by Crippen LogP contribution is 2.03. The van der Waals surface area contributed by atoms with Crippen LogP contribution >= 0.6 is 24.0 Å². The second-order valence-electron chi connectivity index (χ2n) is 6.00. The molecule has 1 unspecified atom stereocenters. The van der Waals surface area contributed by atoms with Crippen molar-refractivity contribution in [1.29, 1.82) is 0 Å². The number of carbonyl (C=O) groups excluding carboxylic acids is 1. The van der Waals surface area contributed by atoms with Gasteiger partial charge < -0.3 is 15.4 Å². The van der Waals surface area contributed by atoms with Gasteiger partial charge in [0, 0.05) is 31.7 Å². The molecule has 0 aromatic rings. The van der Waals surface area contributed by atoms with Gasteiger partial charge in [-0.15, -0.1) is 24.0 Å². The fraction of sp³-hybridized carbons (Fsp3) is 0.875. The fourth-order valence-corrected chi connectivity index (χ4v) is 2.26. The zero-order valence-electron chi connectivity index (χ0n) is 15.7. The molecule has 0 aliphatic carbocycles. The van der Waals surface area contributed by atoms with E-state index < -0.39 is 0 Å². The molecule has 1 atom stereocenters. The normalized spacial score (nSPS) is 13.0. The lowest BCUT2D eigenvalue weighted by Crippen LogP contribution is -2.45. The molecule has 0 heterocycles. The predicted molar refractivity (Wildman–Crippen MR) is 108 cm³/mol. The van der Waals surface area contributed by atoms with Crippen molar-refractivity contribution >= 4 is 35.9 Å². The Balaban J connectivity index is 0. The third kappa shape index (κ3) is 10.8. The number of nitrogens with one attached hydrogen (secondary N) is 2. The lowest BCUT2D eigenvalue weighted by atomic mass is 10.2. The Morgan fingerprint density at radius 2 is 1.70 bits per heavy atom. The van der Waals surface area contributed by atoms with Gasteiger partial charge in [-0.05, 0) is 34.6 Å². The van der Waals surface area contributed by atoms with Gasteiger partial charge in [-0.2, -0.15) is 0 Å². The summed E-state index contributed by atoms with van der Waals surface area (Å²) >= 11 is 0. The van der Waals surface area contributed by atoms with Gasteiger partial charge in [-0.25, -0.2) is 0 Å². The van der Waals surface area contributed by atoms with Gasteiger partial charge in [0.1, 0.15) is 0 Å². The van der Waals surface area contributed by atoms with Gasteiger partial charge in [-0.1, -0.05) is 6.92 Å². The largest absolute Gasteiger partial charge is 0.469 e. The van der Waals surface area contributed by atoms with Crippen molar-refractivity contribution in [3.8, 4) is 0 Å². The minimum absolute atomic E-state index is 0. The van der Waals surface area contributed by atoms with Crippen LogP contribution in [0.25, 0.3) is 0 Å². The monoisotopic (exact) mass is 442 g/mol. The summed E-state index contributed by atoms with van der Waals surface area (Å²) < 4.78 is 4.71. The number of hydrogen-bond donors (Lipinski definition) is 2. The first-order valence-corrected chi connectivity index (χ1v) is 8.19. The van der Waals surface area contributed by atoms with Gasteiger partial charge in [-0.3, -0.25) is 14.7 Å². The molecule has 0 aliphatic rings. The molecule has 0 spiro atoms. The highest BCUT2D eigenvalue weighted by molar-refractivity contribution is 14.0. The summed E-state index contributed by atoms with van der Waals surface area (Å²) in [6.45, 7) is 15.6. The zero-order chi connectivity index (χ0) is 17.1. The third-order valence-corrected chi connectivity index (χ3v) is 3.46. The summed E-state index contributed by atoms with van der Waals surface area (Å²) in [6.07, 6.45) is 0. The van der Waals surface area contributed by atoms with Crippen LogP contribution in [0.3, 0.4) is 0 Å². The lowest BCUT2D eigenvalue weighted by Gasteiger charge is -2.30. The van der Waals surface area contributed by atoms with Crippen molar-refractivity contribution in [2.75, 3.05) is 33.3 Å². The molecule has 0 rings (SSSR count). The van der Waals surface area contributed by atoms with Crippen LogP contribution in [0.1, 0.15) is 41.5 Å². The van der Waals surface area contributed by atoms with Crippen molar-refractivity contribution in [3.05, 3.63) is 0 Å². The van der Waals surface area contributed by atoms with E-state index in [-0.39, 0.29) is 35.9 Å². The molecule has 0 saturated carbocycles. The molecule has 0 aromatic carbocycles. The predicted octanol–water partition coefficient (Wildman–Crippen LogP) is 2.09. The van der Waals surface area contributed by atoms with E-state index in [1.54, 1.807) is 0 Å². The molecule has 0 amide bonds. The van der Waals surface area contributed by atoms with Crippen molar-refractivity contribution in [2.45, 2.75) is 53.6 Å².